The predicted octanol–water partition coefficient (Wildman–Crippen LogP) is 1.80. The largest absolute Gasteiger partial charge is 0.353 e. The molecule has 2 aliphatic heterocycles. The molecule has 0 saturated carbocycles. The third-order valence-electron chi connectivity index (χ3n) is 5.88. The van der Waals surface area contributed by atoms with Crippen molar-refractivity contribution in [2.75, 3.05) is 50.7 Å². The summed E-state index contributed by atoms with van der Waals surface area (Å²) in [6, 6.07) is 6.01. The second-order valence-electron chi connectivity index (χ2n) is 8.15. The molecule has 0 aliphatic carbocycles. The maximum atomic E-state index is 12.6. The van der Waals surface area contributed by atoms with Gasteiger partial charge in [-0.15, -0.1) is 10.2 Å². The minimum absolute atomic E-state index is 0.286. The average Bonchev–Trinajstić information content (AvgIpc) is 2.92. The van der Waals surface area contributed by atoms with Gasteiger partial charge >= 0.3 is 0 Å². The van der Waals surface area contributed by atoms with Crippen molar-refractivity contribution in [3.8, 4) is 5.82 Å². The van der Waals surface area contributed by atoms with Crippen LogP contribution < -0.4 is 4.90 Å². The second kappa shape index (κ2) is 8.90. The lowest BCUT2D eigenvalue weighted by Crippen LogP contribution is -2.50. The van der Waals surface area contributed by atoms with Gasteiger partial charge < -0.3 is 9.80 Å². The van der Waals surface area contributed by atoms with E-state index in [1.165, 1.54) is 12.8 Å². The first-order valence-corrected chi connectivity index (χ1v) is 10.7. The number of carbonyl (C=O) groups excluding carboxylic acids is 1. The predicted molar refractivity (Wildman–Crippen MR) is 112 cm³/mol. The Hall–Kier alpha value is -2.48. The third-order valence-corrected chi connectivity index (χ3v) is 5.88. The van der Waals surface area contributed by atoms with Gasteiger partial charge in [0.1, 0.15) is 0 Å². The minimum Gasteiger partial charge on any atom is -0.353 e. The van der Waals surface area contributed by atoms with Gasteiger partial charge in [0.15, 0.2) is 11.6 Å². The molecule has 0 bridgehead atoms. The summed E-state index contributed by atoms with van der Waals surface area (Å²) >= 11 is 0. The zero-order valence-corrected chi connectivity index (χ0v) is 17.5. The van der Waals surface area contributed by atoms with E-state index < -0.39 is 0 Å². The Kier molecular flexibility index (Phi) is 6.08. The van der Waals surface area contributed by atoms with E-state index in [1.807, 2.05) is 36.7 Å². The zero-order chi connectivity index (χ0) is 20.2. The first kappa shape index (κ1) is 19.8. The zero-order valence-electron chi connectivity index (χ0n) is 17.5. The molecule has 2 fully saturated rings. The highest BCUT2D eigenvalue weighted by atomic mass is 16.2. The number of amides is 1. The smallest absolute Gasteiger partial charge is 0.236 e. The summed E-state index contributed by atoms with van der Waals surface area (Å²) in [5.41, 5.74) is 2.02. The Labute approximate surface area is 172 Å². The lowest BCUT2D eigenvalue weighted by atomic mass is 10.2. The fourth-order valence-electron chi connectivity index (χ4n) is 4.21. The van der Waals surface area contributed by atoms with Gasteiger partial charge in [-0.3, -0.25) is 9.69 Å². The van der Waals surface area contributed by atoms with E-state index in [-0.39, 0.29) is 5.91 Å². The van der Waals surface area contributed by atoms with Gasteiger partial charge in [0, 0.05) is 45.0 Å². The number of piperazine rings is 1. The van der Waals surface area contributed by atoms with E-state index in [2.05, 4.69) is 30.0 Å². The van der Waals surface area contributed by atoms with Crippen molar-refractivity contribution >= 4 is 11.7 Å². The molecule has 156 valence electrons. The number of nitrogens with zero attached hydrogens (tertiary/aromatic N) is 7. The maximum Gasteiger partial charge on any atom is 0.236 e. The Morgan fingerprint density at radius 3 is 2.14 bits per heavy atom. The van der Waals surface area contributed by atoms with Gasteiger partial charge in [-0.25, -0.2) is 4.68 Å². The van der Waals surface area contributed by atoms with Crippen molar-refractivity contribution in [1.82, 2.24) is 29.8 Å². The minimum atomic E-state index is 0.286. The van der Waals surface area contributed by atoms with Crippen molar-refractivity contribution in [1.29, 1.82) is 0 Å². The number of aromatic nitrogens is 4. The second-order valence-corrected chi connectivity index (χ2v) is 8.15. The van der Waals surface area contributed by atoms with Crippen LogP contribution in [0.1, 0.15) is 37.1 Å². The van der Waals surface area contributed by atoms with Crippen LogP contribution in [0.5, 0.6) is 0 Å². The van der Waals surface area contributed by atoms with Crippen LogP contribution in [-0.4, -0.2) is 81.5 Å². The van der Waals surface area contributed by atoms with Crippen LogP contribution in [0, 0.1) is 13.8 Å². The molecule has 4 rings (SSSR count). The number of anilines is 1. The first-order chi connectivity index (χ1) is 14.1. The highest BCUT2D eigenvalue weighted by molar-refractivity contribution is 5.78. The summed E-state index contributed by atoms with van der Waals surface area (Å²) in [5.74, 6) is 1.91. The SMILES string of the molecule is Cc1cc(C)n(-c2ccc(N3CCN(CC(=O)N4CCCCCC4)CC3)nn2)n1. The van der Waals surface area contributed by atoms with E-state index in [9.17, 15) is 4.79 Å². The van der Waals surface area contributed by atoms with Crippen LogP contribution >= 0.6 is 0 Å². The van der Waals surface area contributed by atoms with Crippen molar-refractivity contribution in [3.63, 3.8) is 0 Å². The molecule has 2 saturated heterocycles. The molecular formula is C21H31N7O. The van der Waals surface area contributed by atoms with E-state index in [4.69, 9.17) is 0 Å². The molecule has 2 aromatic heterocycles. The average molecular weight is 398 g/mol. The quantitative estimate of drug-likeness (QED) is 0.784. The topological polar surface area (TPSA) is 70.4 Å². The molecule has 8 heteroatoms. The van der Waals surface area contributed by atoms with Gasteiger partial charge in [0.25, 0.3) is 0 Å². The normalized spacial score (nSPS) is 18.7. The van der Waals surface area contributed by atoms with Gasteiger partial charge in [-0.2, -0.15) is 5.10 Å². The number of carbonyl (C=O) groups is 1. The molecule has 1 amide bonds. The molecule has 4 heterocycles. The fraction of sp³-hybridized carbons (Fsp3) is 0.619. The lowest BCUT2D eigenvalue weighted by Gasteiger charge is -2.35. The Morgan fingerprint density at radius 1 is 0.897 bits per heavy atom. The van der Waals surface area contributed by atoms with Crippen LogP contribution in [0.3, 0.4) is 0 Å². The Bertz CT molecular complexity index is 816. The molecule has 0 atom stereocenters. The van der Waals surface area contributed by atoms with Gasteiger partial charge in [-0.1, -0.05) is 12.8 Å². The molecule has 0 radical (unpaired) electrons. The van der Waals surface area contributed by atoms with Crippen LogP contribution in [0.25, 0.3) is 5.82 Å². The standard InChI is InChI=1S/C21H31N7O/c1-17-15-18(2)28(24-17)20-8-7-19(22-23-20)26-13-11-25(12-14-26)16-21(29)27-9-5-3-4-6-10-27/h7-8,15H,3-6,9-14,16H2,1-2H3. The maximum absolute atomic E-state index is 12.6. The molecule has 29 heavy (non-hydrogen) atoms. The van der Waals surface area contributed by atoms with Crippen molar-refractivity contribution in [3.05, 3.63) is 29.6 Å². The number of hydrogen-bond donors (Lipinski definition) is 0. The molecule has 2 aliphatic rings. The Morgan fingerprint density at radius 2 is 1.55 bits per heavy atom. The van der Waals surface area contributed by atoms with Crippen molar-refractivity contribution in [2.45, 2.75) is 39.5 Å². The monoisotopic (exact) mass is 397 g/mol. The summed E-state index contributed by atoms with van der Waals surface area (Å²) in [7, 11) is 0. The lowest BCUT2D eigenvalue weighted by molar-refractivity contribution is -0.132. The molecule has 0 N–H and O–H groups in total. The first-order valence-electron chi connectivity index (χ1n) is 10.7. The molecular weight excluding hydrogens is 366 g/mol. The number of rotatable bonds is 4. The highest BCUT2D eigenvalue weighted by Crippen LogP contribution is 2.16. The Balaban J connectivity index is 1.30. The summed E-state index contributed by atoms with van der Waals surface area (Å²) < 4.78 is 1.82. The molecule has 2 aromatic rings. The molecule has 8 nitrogen and oxygen atoms in total. The van der Waals surface area contributed by atoms with Gasteiger partial charge in [0.2, 0.25) is 5.91 Å². The summed E-state index contributed by atoms with van der Waals surface area (Å²) in [6.45, 7) is 9.86. The van der Waals surface area contributed by atoms with E-state index in [0.29, 0.717) is 6.54 Å². The van der Waals surface area contributed by atoms with E-state index in [0.717, 1.165) is 75.1 Å². The molecule has 0 aromatic carbocycles. The van der Waals surface area contributed by atoms with E-state index in [1.54, 1.807) is 0 Å². The van der Waals surface area contributed by atoms with Crippen molar-refractivity contribution < 1.29 is 4.79 Å². The fourth-order valence-corrected chi connectivity index (χ4v) is 4.21. The third kappa shape index (κ3) is 4.75. The number of likely N-dealkylation sites (tertiary alicyclic amines) is 1. The van der Waals surface area contributed by atoms with Crippen molar-refractivity contribution in [2.24, 2.45) is 0 Å². The summed E-state index contributed by atoms with van der Waals surface area (Å²) in [5, 5.41) is 13.3. The molecule has 0 unspecified atom stereocenters. The van der Waals surface area contributed by atoms with E-state index >= 15 is 0 Å². The van der Waals surface area contributed by atoms with Crippen LogP contribution in [-0.2, 0) is 4.79 Å². The van der Waals surface area contributed by atoms with Crippen LogP contribution in [0.2, 0.25) is 0 Å². The highest BCUT2D eigenvalue weighted by Gasteiger charge is 2.23. The molecule has 0 spiro atoms. The van der Waals surface area contributed by atoms with Crippen LogP contribution in [0.15, 0.2) is 18.2 Å². The van der Waals surface area contributed by atoms with Gasteiger partial charge in [0.05, 0.1) is 12.2 Å². The number of aryl methyl sites for hydroxylation is 2. The van der Waals surface area contributed by atoms with Crippen LogP contribution in [0.4, 0.5) is 5.82 Å². The summed E-state index contributed by atoms with van der Waals surface area (Å²) in [6.07, 6.45) is 4.79. The number of hydrogen-bond acceptors (Lipinski definition) is 6. The van der Waals surface area contributed by atoms with Gasteiger partial charge in [-0.05, 0) is 44.9 Å². The summed E-state index contributed by atoms with van der Waals surface area (Å²) in [4.78, 5) is 19.2.